The van der Waals surface area contributed by atoms with Gasteiger partial charge in [0, 0.05) is 5.92 Å². The number of carbonyl (C=O) groups is 2. The molecule has 0 spiro atoms. The maximum atomic E-state index is 12.6. The minimum atomic E-state index is -1.24. The molecule has 0 radical (unpaired) electrons. The molecule has 2 atom stereocenters. The number of hydrogen-bond acceptors (Lipinski definition) is 3. The lowest BCUT2D eigenvalue weighted by Gasteiger charge is -2.39. The lowest BCUT2D eigenvalue weighted by Crippen LogP contribution is -2.60. The number of carbonyl (C=O) groups excluding carboxylic acids is 1. The Labute approximate surface area is 164 Å². The average molecular weight is 379 g/mol. The third-order valence-electron chi connectivity index (χ3n) is 6.35. The molecule has 2 aromatic carbocycles. The summed E-state index contributed by atoms with van der Waals surface area (Å²) in [6.45, 7) is 2.07. The van der Waals surface area contributed by atoms with Crippen molar-refractivity contribution in [3.8, 4) is 11.1 Å². The molecule has 0 heterocycles. The summed E-state index contributed by atoms with van der Waals surface area (Å²) in [5, 5.41) is 12.5. The Morgan fingerprint density at radius 3 is 2.25 bits per heavy atom. The highest BCUT2D eigenvalue weighted by Gasteiger charge is 2.47. The summed E-state index contributed by atoms with van der Waals surface area (Å²) >= 11 is 0. The van der Waals surface area contributed by atoms with Gasteiger partial charge in [-0.05, 0) is 41.0 Å². The van der Waals surface area contributed by atoms with Gasteiger partial charge in [-0.15, -0.1) is 0 Å². The number of carboxylic acids is 1. The van der Waals surface area contributed by atoms with Crippen molar-refractivity contribution in [1.82, 2.24) is 5.32 Å². The van der Waals surface area contributed by atoms with Crippen molar-refractivity contribution in [3.05, 3.63) is 59.7 Å². The first-order chi connectivity index (χ1) is 13.5. The van der Waals surface area contributed by atoms with Gasteiger partial charge in [-0.3, -0.25) is 0 Å². The van der Waals surface area contributed by atoms with Gasteiger partial charge in [0.15, 0.2) is 0 Å². The van der Waals surface area contributed by atoms with Crippen LogP contribution in [0.4, 0.5) is 4.79 Å². The largest absolute Gasteiger partial charge is 0.479 e. The number of carboxylic acid groups (broad SMARTS) is 1. The Bertz CT molecular complexity index is 863. The summed E-state index contributed by atoms with van der Waals surface area (Å²) in [7, 11) is 0. The summed E-state index contributed by atoms with van der Waals surface area (Å²) in [6.07, 6.45) is 2.35. The van der Waals surface area contributed by atoms with Crippen molar-refractivity contribution >= 4 is 12.1 Å². The van der Waals surface area contributed by atoms with Crippen LogP contribution in [-0.4, -0.2) is 29.3 Å². The monoisotopic (exact) mass is 379 g/mol. The second-order valence-electron chi connectivity index (χ2n) is 7.87. The van der Waals surface area contributed by atoms with Gasteiger partial charge >= 0.3 is 12.1 Å². The average Bonchev–Trinajstić information content (AvgIpc) is 3.02. The Morgan fingerprint density at radius 2 is 1.68 bits per heavy atom. The maximum Gasteiger partial charge on any atom is 0.408 e. The fourth-order valence-electron chi connectivity index (χ4n) is 4.72. The summed E-state index contributed by atoms with van der Waals surface area (Å²) in [6, 6.07) is 16.3. The van der Waals surface area contributed by atoms with Crippen LogP contribution in [-0.2, 0) is 9.53 Å². The van der Waals surface area contributed by atoms with Crippen molar-refractivity contribution in [2.24, 2.45) is 5.92 Å². The normalized spacial score (nSPS) is 23.5. The van der Waals surface area contributed by atoms with Gasteiger partial charge in [-0.2, -0.15) is 0 Å². The summed E-state index contributed by atoms with van der Waals surface area (Å²) in [5.74, 6) is -1.14. The van der Waals surface area contributed by atoms with Gasteiger partial charge in [-0.25, -0.2) is 9.59 Å². The zero-order valence-corrected chi connectivity index (χ0v) is 16.0. The van der Waals surface area contributed by atoms with Crippen LogP contribution in [0.15, 0.2) is 48.5 Å². The molecule has 0 saturated heterocycles. The zero-order valence-electron chi connectivity index (χ0n) is 16.0. The molecular formula is C23H25NO4. The number of amides is 1. The highest BCUT2D eigenvalue weighted by molar-refractivity contribution is 5.85. The van der Waals surface area contributed by atoms with E-state index in [0.717, 1.165) is 41.5 Å². The molecule has 5 nitrogen and oxygen atoms in total. The van der Waals surface area contributed by atoms with Crippen LogP contribution in [0.2, 0.25) is 0 Å². The maximum absolute atomic E-state index is 12.6. The van der Waals surface area contributed by atoms with Gasteiger partial charge < -0.3 is 15.2 Å². The lowest BCUT2D eigenvalue weighted by atomic mass is 9.73. The fourth-order valence-corrected chi connectivity index (χ4v) is 4.72. The van der Waals surface area contributed by atoms with E-state index in [1.165, 1.54) is 0 Å². The zero-order chi connectivity index (χ0) is 19.7. The molecule has 1 saturated carbocycles. The van der Waals surface area contributed by atoms with Crippen molar-refractivity contribution < 1.29 is 19.4 Å². The second-order valence-corrected chi connectivity index (χ2v) is 7.87. The van der Waals surface area contributed by atoms with Gasteiger partial charge in [0.2, 0.25) is 0 Å². The van der Waals surface area contributed by atoms with E-state index in [-0.39, 0.29) is 18.4 Å². The van der Waals surface area contributed by atoms with Gasteiger partial charge in [0.25, 0.3) is 0 Å². The number of alkyl carbamates (subject to hydrolysis) is 1. The summed E-state index contributed by atoms with van der Waals surface area (Å²) in [4.78, 5) is 24.5. The van der Waals surface area contributed by atoms with Crippen LogP contribution >= 0.6 is 0 Å². The smallest absolute Gasteiger partial charge is 0.408 e. The number of nitrogens with one attached hydrogen (secondary N) is 1. The summed E-state index contributed by atoms with van der Waals surface area (Å²) < 4.78 is 5.55. The first-order valence-electron chi connectivity index (χ1n) is 9.89. The van der Waals surface area contributed by atoms with Crippen LogP contribution < -0.4 is 5.32 Å². The van der Waals surface area contributed by atoms with Crippen LogP contribution in [0.25, 0.3) is 11.1 Å². The molecule has 2 N–H and O–H groups in total. The minimum absolute atomic E-state index is 0.0392. The molecule has 146 valence electrons. The van der Waals surface area contributed by atoms with E-state index in [1.807, 2.05) is 31.2 Å². The molecule has 2 aliphatic carbocycles. The molecular weight excluding hydrogens is 354 g/mol. The SMILES string of the molecule is CC1CCCCC1(NC(=O)OCC1c2ccccc2-c2ccccc21)C(=O)O. The van der Waals surface area contributed by atoms with Crippen molar-refractivity contribution in [3.63, 3.8) is 0 Å². The van der Waals surface area contributed by atoms with E-state index >= 15 is 0 Å². The molecule has 0 bridgehead atoms. The molecule has 0 aromatic heterocycles. The number of aliphatic carboxylic acids is 1. The first kappa shape index (κ1) is 18.5. The summed E-state index contributed by atoms with van der Waals surface area (Å²) in [5.41, 5.74) is 3.36. The van der Waals surface area contributed by atoms with Crippen LogP contribution in [0, 0.1) is 5.92 Å². The predicted octanol–water partition coefficient (Wildman–Crippen LogP) is 4.56. The molecule has 5 heteroatoms. The van der Waals surface area contributed by atoms with Crippen molar-refractivity contribution in [1.29, 1.82) is 0 Å². The Kier molecular flexibility index (Phi) is 4.84. The van der Waals surface area contributed by atoms with Crippen LogP contribution in [0.3, 0.4) is 0 Å². The van der Waals surface area contributed by atoms with E-state index in [1.54, 1.807) is 0 Å². The van der Waals surface area contributed by atoms with Gasteiger partial charge in [-0.1, -0.05) is 68.3 Å². The third-order valence-corrected chi connectivity index (χ3v) is 6.35. The topological polar surface area (TPSA) is 75.6 Å². The molecule has 2 aliphatic rings. The van der Waals surface area contributed by atoms with E-state index in [2.05, 4.69) is 29.6 Å². The highest BCUT2D eigenvalue weighted by atomic mass is 16.5. The van der Waals surface area contributed by atoms with E-state index in [9.17, 15) is 14.7 Å². The molecule has 2 aromatic rings. The standard InChI is InChI=1S/C23H25NO4/c1-15-8-6-7-13-23(15,21(25)26)24-22(27)28-14-20-18-11-4-2-9-16(18)17-10-3-5-12-19(17)20/h2-5,9-12,15,20H,6-8,13-14H2,1H3,(H,24,27)(H,25,26). The Hall–Kier alpha value is -2.82. The molecule has 1 fully saturated rings. The molecule has 2 unspecified atom stereocenters. The number of benzene rings is 2. The second kappa shape index (κ2) is 7.30. The van der Waals surface area contributed by atoms with Crippen LogP contribution in [0.1, 0.15) is 49.7 Å². The van der Waals surface area contributed by atoms with Crippen LogP contribution in [0.5, 0.6) is 0 Å². The number of ether oxygens (including phenoxy) is 1. The highest BCUT2D eigenvalue weighted by Crippen LogP contribution is 2.44. The van der Waals surface area contributed by atoms with E-state index in [4.69, 9.17) is 4.74 Å². The quantitative estimate of drug-likeness (QED) is 0.817. The number of hydrogen-bond donors (Lipinski definition) is 2. The fraction of sp³-hybridized carbons (Fsp3) is 0.391. The predicted molar refractivity (Wildman–Crippen MR) is 106 cm³/mol. The molecule has 1 amide bonds. The van der Waals surface area contributed by atoms with Gasteiger partial charge in [0.05, 0.1) is 0 Å². The van der Waals surface area contributed by atoms with Crippen molar-refractivity contribution in [2.45, 2.75) is 44.1 Å². The molecule has 28 heavy (non-hydrogen) atoms. The van der Waals surface area contributed by atoms with E-state index in [0.29, 0.717) is 6.42 Å². The molecule has 4 rings (SSSR count). The van der Waals surface area contributed by atoms with E-state index < -0.39 is 17.6 Å². The third kappa shape index (κ3) is 3.05. The number of fused-ring (bicyclic) bond motifs is 3. The van der Waals surface area contributed by atoms with Gasteiger partial charge in [0.1, 0.15) is 12.1 Å². The minimum Gasteiger partial charge on any atom is -0.479 e. The van der Waals surface area contributed by atoms with Crippen molar-refractivity contribution in [2.75, 3.05) is 6.61 Å². The molecule has 0 aliphatic heterocycles. The first-order valence-corrected chi connectivity index (χ1v) is 9.89. The number of rotatable bonds is 4. The Morgan fingerprint density at radius 1 is 1.07 bits per heavy atom. The Balaban J connectivity index is 1.50. The lowest BCUT2D eigenvalue weighted by molar-refractivity contribution is -0.148.